The van der Waals surface area contributed by atoms with E-state index in [4.69, 9.17) is 14.6 Å². The monoisotopic (exact) mass is 356 g/mol. The summed E-state index contributed by atoms with van der Waals surface area (Å²) in [6.07, 6.45) is 0. The van der Waals surface area contributed by atoms with E-state index in [-0.39, 0.29) is 5.91 Å². The van der Waals surface area contributed by atoms with Gasteiger partial charge in [0.05, 0.1) is 12.8 Å². The number of carboxylic acids is 1. The molecule has 2 aromatic rings. The summed E-state index contributed by atoms with van der Waals surface area (Å²) in [4.78, 5) is 22.7. The molecule has 0 atom stereocenters. The van der Waals surface area contributed by atoms with Gasteiger partial charge in [0, 0.05) is 11.1 Å². The lowest BCUT2D eigenvalue weighted by molar-refractivity contribution is -0.139. The van der Waals surface area contributed by atoms with Crippen LogP contribution < -0.4 is 14.9 Å². The molecule has 0 fully saturated rings. The molecule has 0 heterocycles. The molecule has 0 bridgehead atoms. The Labute approximate surface area is 151 Å². The average molecular weight is 356 g/mol. The van der Waals surface area contributed by atoms with E-state index in [1.54, 1.807) is 37.3 Å². The van der Waals surface area contributed by atoms with Crippen LogP contribution in [0.15, 0.2) is 47.6 Å². The topological polar surface area (TPSA) is 97.2 Å². The molecule has 0 aliphatic rings. The highest BCUT2D eigenvalue weighted by atomic mass is 16.5. The van der Waals surface area contributed by atoms with E-state index in [0.717, 1.165) is 5.56 Å². The molecule has 2 rings (SSSR count). The van der Waals surface area contributed by atoms with E-state index in [1.807, 2.05) is 19.1 Å². The number of hydrazone groups is 1. The summed E-state index contributed by atoms with van der Waals surface area (Å²) >= 11 is 0. The number of nitrogens with one attached hydrogen (secondary N) is 1. The molecule has 2 aromatic carbocycles. The van der Waals surface area contributed by atoms with Crippen molar-refractivity contribution in [2.75, 3.05) is 13.7 Å². The number of benzene rings is 2. The summed E-state index contributed by atoms with van der Waals surface area (Å²) in [6.45, 7) is 3.22. The number of carbonyl (C=O) groups is 2. The average Bonchev–Trinajstić information content (AvgIpc) is 2.64. The number of hydrogen-bond donors (Lipinski definition) is 2. The first-order chi connectivity index (χ1) is 12.4. The normalized spacial score (nSPS) is 11.0. The van der Waals surface area contributed by atoms with Crippen LogP contribution >= 0.6 is 0 Å². The maximum atomic E-state index is 12.1. The van der Waals surface area contributed by atoms with Crippen molar-refractivity contribution < 1.29 is 24.2 Å². The number of rotatable bonds is 7. The van der Waals surface area contributed by atoms with E-state index in [0.29, 0.717) is 28.3 Å². The first-order valence-electron chi connectivity index (χ1n) is 7.85. The molecule has 136 valence electrons. The third kappa shape index (κ3) is 5.07. The highest BCUT2D eigenvalue weighted by Crippen LogP contribution is 2.28. The van der Waals surface area contributed by atoms with E-state index in [2.05, 4.69) is 10.5 Å². The molecule has 0 aromatic heterocycles. The lowest BCUT2D eigenvalue weighted by atomic mass is 10.1. The number of amides is 1. The summed E-state index contributed by atoms with van der Waals surface area (Å²) in [5.74, 6) is -0.691. The summed E-state index contributed by atoms with van der Waals surface area (Å²) in [5.41, 5.74) is 5.36. The highest BCUT2D eigenvalue weighted by Gasteiger charge is 2.10. The Balaban J connectivity index is 2.11. The van der Waals surface area contributed by atoms with Gasteiger partial charge in [0.15, 0.2) is 18.1 Å². The van der Waals surface area contributed by atoms with Crippen LogP contribution in [-0.4, -0.2) is 36.4 Å². The summed E-state index contributed by atoms with van der Waals surface area (Å²) in [6, 6.07) is 12.1. The number of carbonyl (C=O) groups excluding carboxylic acids is 1. The SMILES string of the molecule is COc1cc(/C(C)=N\NC(=O)c2ccc(C)cc2)ccc1OCC(=O)O. The Morgan fingerprint density at radius 2 is 1.73 bits per heavy atom. The highest BCUT2D eigenvalue weighted by molar-refractivity contribution is 6.01. The van der Waals surface area contributed by atoms with Crippen LogP contribution in [0.2, 0.25) is 0 Å². The molecule has 2 N–H and O–H groups in total. The third-order valence-electron chi connectivity index (χ3n) is 3.57. The Morgan fingerprint density at radius 3 is 2.35 bits per heavy atom. The second-order valence-electron chi connectivity index (χ2n) is 5.55. The minimum atomic E-state index is -1.08. The van der Waals surface area contributed by atoms with Gasteiger partial charge in [-0.3, -0.25) is 4.79 Å². The standard InChI is InChI=1S/C19H20N2O5/c1-12-4-6-14(7-5-12)19(24)21-20-13(2)15-8-9-16(17(10-15)25-3)26-11-18(22)23/h4-10H,11H2,1-3H3,(H,21,24)(H,22,23)/b20-13-. The van der Waals surface area contributed by atoms with Crippen molar-refractivity contribution in [1.29, 1.82) is 0 Å². The lowest BCUT2D eigenvalue weighted by Gasteiger charge is -2.11. The smallest absolute Gasteiger partial charge is 0.341 e. The molecule has 0 aliphatic carbocycles. The van der Waals surface area contributed by atoms with Crippen molar-refractivity contribution >= 4 is 17.6 Å². The van der Waals surface area contributed by atoms with Gasteiger partial charge < -0.3 is 14.6 Å². The zero-order valence-corrected chi connectivity index (χ0v) is 14.8. The number of carboxylic acid groups (broad SMARTS) is 1. The largest absolute Gasteiger partial charge is 0.493 e. The molecule has 0 aliphatic heterocycles. The third-order valence-corrected chi connectivity index (χ3v) is 3.57. The molecule has 0 saturated carbocycles. The minimum Gasteiger partial charge on any atom is -0.493 e. The predicted molar refractivity (Wildman–Crippen MR) is 97.0 cm³/mol. The fourth-order valence-corrected chi connectivity index (χ4v) is 2.12. The second-order valence-corrected chi connectivity index (χ2v) is 5.55. The van der Waals surface area contributed by atoms with Crippen molar-refractivity contribution in [1.82, 2.24) is 5.43 Å². The first kappa shape index (κ1) is 19.0. The fraction of sp³-hybridized carbons (Fsp3) is 0.211. The lowest BCUT2D eigenvalue weighted by Crippen LogP contribution is -2.19. The van der Waals surface area contributed by atoms with E-state index in [1.165, 1.54) is 7.11 Å². The Hall–Kier alpha value is -3.35. The van der Waals surface area contributed by atoms with Crippen LogP contribution in [-0.2, 0) is 4.79 Å². The predicted octanol–water partition coefficient (Wildman–Crippen LogP) is 2.62. The first-order valence-corrected chi connectivity index (χ1v) is 7.85. The van der Waals surface area contributed by atoms with Gasteiger partial charge in [-0.05, 0) is 44.2 Å². The van der Waals surface area contributed by atoms with Crippen molar-refractivity contribution in [2.45, 2.75) is 13.8 Å². The quantitative estimate of drug-likeness (QED) is 0.587. The molecular weight excluding hydrogens is 336 g/mol. The van der Waals surface area contributed by atoms with Gasteiger partial charge in [-0.1, -0.05) is 17.7 Å². The van der Waals surface area contributed by atoms with E-state index < -0.39 is 12.6 Å². The molecule has 7 heteroatoms. The molecule has 0 radical (unpaired) electrons. The molecule has 0 unspecified atom stereocenters. The number of nitrogens with zero attached hydrogens (tertiary/aromatic N) is 1. The molecule has 1 amide bonds. The maximum Gasteiger partial charge on any atom is 0.341 e. The van der Waals surface area contributed by atoms with Crippen LogP contribution in [0.25, 0.3) is 0 Å². The van der Waals surface area contributed by atoms with Gasteiger partial charge in [-0.15, -0.1) is 0 Å². The van der Waals surface area contributed by atoms with Gasteiger partial charge >= 0.3 is 5.97 Å². The number of aliphatic carboxylic acids is 1. The van der Waals surface area contributed by atoms with Crippen LogP contribution in [0.4, 0.5) is 0 Å². The van der Waals surface area contributed by atoms with Crippen LogP contribution in [0, 0.1) is 6.92 Å². The molecule has 26 heavy (non-hydrogen) atoms. The van der Waals surface area contributed by atoms with Crippen LogP contribution in [0.3, 0.4) is 0 Å². The molecule has 0 saturated heterocycles. The maximum absolute atomic E-state index is 12.1. The van der Waals surface area contributed by atoms with Crippen LogP contribution in [0.5, 0.6) is 11.5 Å². The number of ether oxygens (including phenoxy) is 2. The Kier molecular flexibility index (Phi) is 6.32. The summed E-state index contributed by atoms with van der Waals surface area (Å²) < 4.78 is 10.4. The zero-order valence-electron chi connectivity index (χ0n) is 14.8. The molecular formula is C19H20N2O5. The van der Waals surface area contributed by atoms with Crippen molar-refractivity contribution in [3.63, 3.8) is 0 Å². The van der Waals surface area contributed by atoms with Gasteiger partial charge in [0.25, 0.3) is 5.91 Å². The van der Waals surface area contributed by atoms with E-state index in [9.17, 15) is 9.59 Å². The van der Waals surface area contributed by atoms with Crippen molar-refractivity contribution in [2.24, 2.45) is 5.10 Å². The van der Waals surface area contributed by atoms with E-state index >= 15 is 0 Å². The van der Waals surface area contributed by atoms with Gasteiger partial charge in [-0.2, -0.15) is 5.10 Å². The summed E-state index contributed by atoms with van der Waals surface area (Å²) in [5, 5.41) is 12.8. The van der Waals surface area contributed by atoms with Crippen molar-refractivity contribution in [3.8, 4) is 11.5 Å². The van der Waals surface area contributed by atoms with Crippen molar-refractivity contribution in [3.05, 3.63) is 59.2 Å². The second kappa shape index (κ2) is 8.66. The number of methoxy groups -OCH3 is 1. The van der Waals surface area contributed by atoms with Gasteiger partial charge in [-0.25, -0.2) is 10.2 Å². The zero-order chi connectivity index (χ0) is 19.1. The number of aryl methyl sites for hydroxylation is 1. The summed E-state index contributed by atoms with van der Waals surface area (Å²) in [7, 11) is 1.46. The fourth-order valence-electron chi connectivity index (χ4n) is 2.12. The van der Waals surface area contributed by atoms with Crippen LogP contribution in [0.1, 0.15) is 28.4 Å². The number of hydrogen-bond acceptors (Lipinski definition) is 5. The van der Waals surface area contributed by atoms with Gasteiger partial charge in [0.1, 0.15) is 0 Å². The molecule has 7 nitrogen and oxygen atoms in total. The minimum absolute atomic E-state index is 0.308. The Bertz CT molecular complexity index is 828. The molecule has 0 spiro atoms. The Morgan fingerprint density at radius 1 is 1.08 bits per heavy atom. The van der Waals surface area contributed by atoms with Gasteiger partial charge in [0.2, 0.25) is 0 Å².